The number of rotatable bonds is 10. The molecule has 0 atom stereocenters. The van der Waals surface area contributed by atoms with Gasteiger partial charge >= 0.3 is 12.1 Å². The fourth-order valence-electron chi connectivity index (χ4n) is 4.42. The van der Waals surface area contributed by atoms with Crippen LogP contribution in [0.15, 0.2) is 48.8 Å². The van der Waals surface area contributed by atoms with E-state index in [0.717, 1.165) is 10.9 Å². The van der Waals surface area contributed by atoms with Crippen molar-refractivity contribution in [1.82, 2.24) is 19.9 Å². The number of likely N-dealkylation sites (N-methyl/N-ethyl adjacent to an activating group) is 2. The molecule has 2 N–H and O–H groups in total. The van der Waals surface area contributed by atoms with Crippen molar-refractivity contribution in [3.8, 4) is 17.0 Å². The van der Waals surface area contributed by atoms with E-state index in [1.54, 1.807) is 46.0 Å². The largest absolute Gasteiger partial charge is 0.494 e. The van der Waals surface area contributed by atoms with Crippen molar-refractivity contribution < 1.29 is 28.7 Å². The zero-order valence-electron chi connectivity index (χ0n) is 25.6. The van der Waals surface area contributed by atoms with E-state index >= 15 is 0 Å². The average molecular weight is 606 g/mol. The number of nitro groups is 1. The molecule has 1 amide bonds. The maximum absolute atomic E-state index is 12.6. The molecule has 0 unspecified atom stereocenters. The number of esters is 1. The van der Waals surface area contributed by atoms with Gasteiger partial charge in [-0.25, -0.2) is 19.6 Å². The number of aromatic nitrogens is 3. The number of fused-ring (bicyclic) bond motifs is 1. The second-order valence-electron chi connectivity index (χ2n) is 10.9. The molecule has 44 heavy (non-hydrogen) atoms. The highest BCUT2D eigenvalue weighted by atomic mass is 16.6. The van der Waals surface area contributed by atoms with E-state index in [1.165, 1.54) is 37.4 Å². The SMILES string of the molecule is COC(=O)c1cnc(Nc2cc([N+](=O)[O-])c(N(C)CCN(C)C(=O)OC(C)(C)C)cc2OC)nc1-c1c[nH]c2ccccc12. The van der Waals surface area contributed by atoms with Crippen LogP contribution in [0.1, 0.15) is 31.1 Å². The van der Waals surface area contributed by atoms with Crippen LogP contribution >= 0.6 is 0 Å². The first-order valence-corrected chi connectivity index (χ1v) is 13.6. The van der Waals surface area contributed by atoms with Gasteiger partial charge in [0.2, 0.25) is 5.95 Å². The summed E-state index contributed by atoms with van der Waals surface area (Å²) in [6.07, 6.45) is 2.57. The van der Waals surface area contributed by atoms with E-state index in [4.69, 9.17) is 14.2 Å². The van der Waals surface area contributed by atoms with Gasteiger partial charge in [0.1, 0.15) is 22.6 Å². The molecule has 232 valence electrons. The summed E-state index contributed by atoms with van der Waals surface area (Å²) in [4.78, 5) is 51.7. The summed E-state index contributed by atoms with van der Waals surface area (Å²) in [5, 5.41) is 16.0. The minimum Gasteiger partial charge on any atom is -0.494 e. The lowest BCUT2D eigenvalue weighted by molar-refractivity contribution is -0.384. The molecule has 14 heteroatoms. The molecule has 0 saturated carbocycles. The van der Waals surface area contributed by atoms with Crippen LogP contribution in [0.2, 0.25) is 0 Å². The minimum absolute atomic E-state index is 0.0747. The Morgan fingerprint density at radius 3 is 2.50 bits per heavy atom. The first-order valence-electron chi connectivity index (χ1n) is 13.6. The van der Waals surface area contributed by atoms with Gasteiger partial charge in [0, 0.05) is 68.2 Å². The lowest BCUT2D eigenvalue weighted by Crippen LogP contribution is -2.38. The Labute approximate surface area is 254 Å². The molecule has 0 radical (unpaired) electrons. The Morgan fingerprint density at radius 1 is 1.11 bits per heavy atom. The van der Waals surface area contributed by atoms with Crippen molar-refractivity contribution in [3.05, 3.63) is 64.5 Å². The highest BCUT2D eigenvalue weighted by Gasteiger charge is 2.25. The number of anilines is 3. The van der Waals surface area contributed by atoms with Crippen molar-refractivity contribution in [2.24, 2.45) is 0 Å². The van der Waals surface area contributed by atoms with Crippen LogP contribution in [0.3, 0.4) is 0 Å². The van der Waals surface area contributed by atoms with Gasteiger partial charge in [-0.2, -0.15) is 0 Å². The summed E-state index contributed by atoms with van der Waals surface area (Å²) in [7, 11) is 5.98. The number of methoxy groups -OCH3 is 2. The molecule has 14 nitrogen and oxygen atoms in total. The smallest absolute Gasteiger partial charge is 0.410 e. The second-order valence-corrected chi connectivity index (χ2v) is 10.9. The summed E-state index contributed by atoms with van der Waals surface area (Å²) in [5.74, 6) is -0.257. The van der Waals surface area contributed by atoms with Gasteiger partial charge in [-0.15, -0.1) is 0 Å². The van der Waals surface area contributed by atoms with E-state index in [2.05, 4.69) is 20.3 Å². The Bertz CT molecular complexity index is 1700. The minimum atomic E-state index is -0.647. The number of para-hydroxylation sites is 1. The van der Waals surface area contributed by atoms with Crippen LogP contribution in [-0.2, 0) is 9.47 Å². The Balaban J connectivity index is 1.66. The molecule has 0 saturated heterocycles. The Morgan fingerprint density at radius 2 is 1.84 bits per heavy atom. The van der Waals surface area contributed by atoms with Crippen molar-refractivity contribution in [1.29, 1.82) is 0 Å². The first kappa shape index (κ1) is 31.5. The van der Waals surface area contributed by atoms with Crippen molar-refractivity contribution in [2.75, 3.05) is 51.6 Å². The van der Waals surface area contributed by atoms with Crippen LogP contribution in [0.5, 0.6) is 5.75 Å². The zero-order chi connectivity index (χ0) is 32.2. The Hall–Kier alpha value is -5.40. The lowest BCUT2D eigenvalue weighted by Gasteiger charge is -2.27. The number of nitro benzene ring substituents is 1. The third kappa shape index (κ3) is 6.97. The van der Waals surface area contributed by atoms with Crippen LogP contribution in [0.4, 0.5) is 27.8 Å². The highest BCUT2D eigenvalue weighted by Crippen LogP contribution is 2.39. The van der Waals surface area contributed by atoms with Gasteiger partial charge in [0.05, 0.1) is 30.5 Å². The molecule has 4 rings (SSSR count). The monoisotopic (exact) mass is 605 g/mol. The van der Waals surface area contributed by atoms with Gasteiger partial charge in [0.25, 0.3) is 5.69 Å². The zero-order valence-corrected chi connectivity index (χ0v) is 25.6. The number of ether oxygens (including phenoxy) is 3. The molecule has 0 fully saturated rings. The normalized spacial score (nSPS) is 11.2. The van der Waals surface area contributed by atoms with E-state index in [1.807, 2.05) is 24.3 Å². The van der Waals surface area contributed by atoms with Crippen molar-refractivity contribution in [2.45, 2.75) is 26.4 Å². The predicted octanol–water partition coefficient (Wildman–Crippen LogP) is 5.38. The van der Waals surface area contributed by atoms with E-state index in [0.29, 0.717) is 11.3 Å². The summed E-state index contributed by atoms with van der Waals surface area (Å²) < 4.78 is 15.9. The molecule has 0 aliphatic heterocycles. The first-order chi connectivity index (χ1) is 20.8. The number of amides is 1. The number of hydrogen-bond acceptors (Lipinski definition) is 11. The van der Waals surface area contributed by atoms with Crippen LogP contribution < -0.4 is 15.0 Å². The van der Waals surface area contributed by atoms with Crippen molar-refractivity contribution >= 4 is 46.0 Å². The van der Waals surface area contributed by atoms with Gasteiger partial charge in [-0.1, -0.05) is 18.2 Å². The number of hydrogen-bond donors (Lipinski definition) is 2. The number of nitrogens with zero attached hydrogens (tertiary/aromatic N) is 5. The maximum atomic E-state index is 12.6. The number of benzene rings is 2. The molecule has 0 bridgehead atoms. The molecule has 2 heterocycles. The van der Waals surface area contributed by atoms with Crippen LogP contribution in [0.25, 0.3) is 22.2 Å². The number of nitrogens with one attached hydrogen (secondary N) is 2. The molecule has 0 aliphatic carbocycles. The average Bonchev–Trinajstić information content (AvgIpc) is 3.42. The molecular weight excluding hydrogens is 570 g/mol. The topological polar surface area (TPSA) is 165 Å². The third-order valence-electron chi connectivity index (χ3n) is 6.67. The molecule has 2 aromatic heterocycles. The molecule has 0 spiro atoms. The predicted molar refractivity (Wildman–Crippen MR) is 166 cm³/mol. The fraction of sp³-hybridized carbons (Fsp3) is 0.333. The van der Waals surface area contributed by atoms with Crippen LogP contribution in [0, 0.1) is 10.1 Å². The summed E-state index contributed by atoms with van der Waals surface area (Å²) in [6, 6.07) is 10.4. The maximum Gasteiger partial charge on any atom is 0.410 e. The second kappa shape index (κ2) is 12.9. The van der Waals surface area contributed by atoms with E-state index in [-0.39, 0.29) is 47.4 Å². The van der Waals surface area contributed by atoms with Gasteiger partial charge in [-0.3, -0.25) is 10.1 Å². The molecule has 0 aliphatic rings. The summed E-state index contributed by atoms with van der Waals surface area (Å²) in [6.45, 7) is 5.85. The molecule has 2 aromatic carbocycles. The van der Waals surface area contributed by atoms with Crippen LogP contribution in [-0.4, -0.2) is 83.8 Å². The Kier molecular flexibility index (Phi) is 9.21. The fourth-order valence-corrected chi connectivity index (χ4v) is 4.42. The van der Waals surface area contributed by atoms with E-state index < -0.39 is 22.6 Å². The van der Waals surface area contributed by atoms with E-state index in [9.17, 15) is 19.7 Å². The summed E-state index contributed by atoms with van der Waals surface area (Å²) in [5.41, 5.74) is 1.61. The van der Waals surface area contributed by atoms with Gasteiger partial charge in [0.15, 0.2) is 0 Å². The lowest BCUT2D eigenvalue weighted by atomic mass is 10.1. The van der Waals surface area contributed by atoms with Gasteiger partial charge < -0.3 is 34.3 Å². The number of carbonyl (C=O) groups is 2. The molecular formula is C30H35N7O7. The number of H-pyrrole nitrogens is 1. The number of carbonyl (C=O) groups excluding carboxylic acids is 2. The van der Waals surface area contributed by atoms with Gasteiger partial charge in [-0.05, 0) is 26.8 Å². The quantitative estimate of drug-likeness (QED) is 0.135. The number of aromatic amines is 1. The third-order valence-corrected chi connectivity index (χ3v) is 6.67. The summed E-state index contributed by atoms with van der Waals surface area (Å²) >= 11 is 0. The standard InChI is InChI=1S/C30H35N7O7/c1-30(2,3)44-29(39)36(5)13-12-35(4)23-15-25(42-6)22(14-24(23)37(40)41)33-28-32-17-20(27(38)43-7)26(34-28)19-16-31-21-11-9-8-10-18(19)21/h8-11,14-17,31H,12-13H2,1-7H3,(H,32,33,34). The molecule has 4 aromatic rings. The highest BCUT2D eigenvalue weighted by molar-refractivity contribution is 6.02. The van der Waals surface area contributed by atoms with Crippen molar-refractivity contribution in [3.63, 3.8) is 0 Å².